The number of hydrogen-bond donors (Lipinski definition) is 2. The average molecular weight is 623 g/mol. The van der Waals surface area contributed by atoms with Crippen molar-refractivity contribution < 1.29 is 9.18 Å². The van der Waals surface area contributed by atoms with Crippen molar-refractivity contribution in [1.82, 2.24) is 34.8 Å². The third kappa shape index (κ3) is 6.37. The van der Waals surface area contributed by atoms with Gasteiger partial charge in [-0.2, -0.15) is 10.4 Å². The minimum absolute atomic E-state index is 0.0655. The summed E-state index contributed by atoms with van der Waals surface area (Å²) in [5, 5.41) is 20.6. The molecule has 1 aliphatic carbocycles. The second-order valence-corrected chi connectivity index (χ2v) is 12.6. The highest BCUT2D eigenvalue weighted by molar-refractivity contribution is 5.79. The Hall–Kier alpha value is -4.63. The standard InChI is InChI=1S/C34H39FN10O/c35-31-32(23-10-11-29(37-20-23)43-18-13-25(14-19-43)39-24-6-1-2-7-24)41-33(27-21-38-45-17-4-3-9-28(27)45)42-34(31)40-26-8-5-16-44(22-26)30(46)12-15-36/h3-4,9-11,17,20-21,24-26,39H,1-2,5-8,12-14,16,18-19,22H2,(H,40,41,42)/t26-/m1/s1. The summed E-state index contributed by atoms with van der Waals surface area (Å²) in [4.78, 5) is 30.5. The van der Waals surface area contributed by atoms with Gasteiger partial charge in [0.1, 0.15) is 17.9 Å². The molecule has 1 saturated carbocycles. The van der Waals surface area contributed by atoms with Gasteiger partial charge < -0.3 is 20.4 Å². The third-order valence-electron chi connectivity index (χ3n) is 9.53. The van der Waals surface area contributed by atoms with Gasteiger partial charge in [-0.15, -0.1) is 0 Å². The molecule has 2 N–H and O–H groups in total. The van der Waals surface area contributed by atoms with Gasteiger partial charge in [0.15, 0.2) is 17.5 Å². The molecule has 7 rings (SSSR count). The lowest BCUT2D eigenvalue weighted by molar-refractivity contribution is -0.131. The zero-order valence-electron chi connectivity index (χ0n) is 25.9. The number of piperidine rings is 2. The molecule has 238 valence electrons. The number of rotatable bonds is 8. The Labute approximate surface area is 267 Å². The van der Waals surface area contributed by atoms with Crippen molar-refractivity contribution in [3.63, 3.8) is 0 Å². The molecule has 3 aliphatic rings. The lowest BCUT2D eigenvalue weighted by Gasteiger charge is -2.34. The molecule has 0 unspecified atom stereocenters. The van der Waals surface area contributed by atoms with Crippen LogP contribution in [0.2, 0.25) is 0 Å². The summed E-state index contributed by atoms with van der Waals surface area (Å²) in [7, 11) is 0. The highest BCUT2D eigenvalue weighted by Crippen LogP contribution is 2.32. The fraction of sp³-hybridized carbons (Fsp3) is 0.471. The molecule has 0 aromatic carbocycles. The minimum Gasteiger partial charge on any atom is -0.363 e. The predicted molar refractivity (Wildman–Crippen MR) is 173 cm³/mol. The predicted octanol–water partition coefficient (Wildman–Crippen LogP) is 4.81. The van der Waals surface area contributed by atoms with Gasteiger partial charge in [-0.1, -0.05) is 18.9 Å². The molecule has 12 heteroatoms. The number of anilines is 2. The maximum Gasteiger partial charge on any atom is 0.236 e. The van der Waals surface area contributed by atoms with Crippen LogP contribution in [-0.2, 0) is 4.79 Å². The number of pyridine rings is 2. The Kier molecular flexibility index (Phi) is 8.74. The molecule has 1 atom stereocenters. The van der Waals surface area contributed by atoms with Gasteiger partial charge in [0.25, 0.3) is 0 Å². The quantitative estimate of drug-likeness (QED) is 0.285. The van der Waals surface area contributed by atoms with Crippen molar-refractivity contribution in [1.29, 1.82) is 5.26 Å². The lowest BCUT2D eigenvalue weighted by Crippen LogP contribution is -2.45. The largest absolute Gasteiger partial charge is 0.363 e. The van der Waals surface area contributed by atoms with Crippen LogP contribution in [0.15, 0.2) is 48.9 Å². The van der Waals surface area contributed by atoms with Crippen LogP contribution in [0.3, 0.4) is 0 Å². The first-order valence-electron chi connectivity index (χ1n) is 16.4. The molecule has 0 radical (unpaired) electrons. The van der Waals surface area contributed by atoms with E-state index in [4.69, 9.17) is 15.2 Å². The van der Waals surface area contributed by atoms with E-state index in [9.17, 15) is 4.79 Å². The normalized spacial score (nSPS) is 19.4. The van der Waals surface area contributed by atoms with E-state index in [-0.39, 0.29) is 29.9 Å². The smallest absolute Gasteiger partial charge is 0.236 e. The maximum absolute atomic E-state index is 16.3. The van der Waals surface area contributed by atoms with Gasteiger partial charge in [0, 0.05) is 62.3 Å². The topological polar surface area (TPSA) is 127 Å². The van der Waals surface area contributed by atoms with Crippen molar-refractivity contribution in [3.05, 3.63) is 54.7 Å². The van der Waals surface area contributed by atoms with Crippen molar-refractivity contribution >= 4 is 23.1 Å². The van der Waals surface area contributed by atoms with E-state index in [1.165, 1.54) is 25.7 Å². The first-order valence-corrected chi connectivity index (χ1v) is 16.4. The second kappa shape index (κ2) is 13.4. The summed E-state index contributed by atoms with van der Waals surface area (Å²) in [6, 6.07) is 12.5. The van der Waals surface area contributed by atoms with Gasteiger partial charge in [0.05, 0.1) is 23.3 Å². The monoisotopic (exact) mass is 622 g/mol. The summed E-state index contributed by atoms with van der Waals surface area (Å²) < 4.78 is 18.0. The molecule has 0 spiro atoms. The van der Waals surface area contributed by atoms with E-state index >= 15 is 4.39 Å². The van der Waals surface area contributed by atoms with E-state index in [0.29, 0.717) is 42.1 Å². The average Bonchev–Trinajstić information content (AvgIpc) is 3.77. The summed E-state index contributed by atoms with van der Waals surface area (Å²) in [6.45, 7) is 2.81. The van der Waals surface area contributed by atoms with Crippen LogP contribution in [0.4, 0.5) is 16.0 Å². The lowest BCUT2D eigenvalue weighted by atomic mass is 10.0. The van der Waals surface area contributed by atoms with Gasteiger partial charge in [-0.25, -0.2) is 23.9 Å². The van der Waals surface area contributed by atoms with Gasteiger partial charge in [-0.05, 0) is 62.8 Å². The van der Waals surface area contributed by atoms with E-state index in [1.54, 1.807) is 21.8 Å². The summed E-state index contributed by atoms with van der Waals surface area (Å²) >= 11 is 0. The number of amides is 1. The van der Waals surface area contributed by atoms with Gasteiger partial charge in [-0.3, -0.25) is 4.79 Å². The van der Waals surface area contributed by atoms with Crippen LogP contribution in [-0.4, -0.2) is 79.7 Å². The van der Waals surface area contributed by atoms with Crippen LogP contribution in [0.25, 0.3) is 28.2 Å². The summed E-state index contributed by atoms with van der Waals surface area (Å²) in [5.41, 5.74) is 2.18. The second-order valence-electron chi connectivity index (χ2n) is 12.6. The molecule has 4 aromatic rings. The number of carbonyl (C=O) groups is 1. The zero-order chi connectivity index (χ0) is 31.5. The van der Waals surface area contributed by atoms with Gasteiger partial charge >= 0.3 is 0 Å². The van der Waals surface area contributed by atoms with Crippen molar-refractivity contribution in [2.75, 3.05) is 36.4 Å². The summed E-state index contributed by atoms with van der Waals surface area (Å²) in [6.07, 6.45) is 14.0. The number of nitrogens with zero attached hydrogens (tertiary/aromatic N) is 8. The van der Waals surface area contributed by atoms with Gasteiger partial charge in [0.2, 0.25) is 5.91 Å². The third-order valence-corrected chi connectivity index (χ3v) is 9.53. The molecule has 1 amide bonds. The number of aromatic nitrogens is 5. The molecule has 3 fully saturated rings. The molecule has 6 heterocycles. The van der Waals surface area contributed by atoms with Crippen LogP contribution in [0.1, 0.15) is 57.8 Å². The minimum atomic E-state index is -0.575. The number of halogens is 1. The van der Waals surface area contributed by atoms with E-state index in [2.05, 4.69) is 25.6 Å². The van der Waals surface area contributed by atoms with E-state index in [0.717, 1.165) is 50.1 Å². The molecule has 2 aliphatic heterocycles. The Morgan fingerprint density at radius 1 is 0.957 bits per heavy atom. The van der Waals surface area contributed by atoms with Crippen LogP contribution >= 0.6 is 0 Å². The number of hydrogen-bond acceptors (Lipinski definition) is 9. The fourth-order valence-corrected chi connectivity index (χ4v) is 7.07. The van der Waals surface area contributed by atoms with Crippen molar-refractivity contribution in [3.8, 4) is 28.7 Å². The Bertz CT molecular complexity index is 1720. The molecule has 11 nitrogen and oxygen atoms in total. The first-order chi connectivity index (χ1) is 22.6. The Balaban J connectivity index is 1.14. The molecule has 4 aromatic heterocycles. The number of carbonyl (C=O) groups excluding carboxylic acids is 1. The SMILES string of the molecule is N#CCC(=O)N1CCC[C@@H](Nc2nc(-c3cnn4ccccc34)nc(-c3ccc(N4CCC(NC5CCCC5)CC4)nc3)c2F)C1. The summed E-state index contributed by atoms with van der Waals surface area (Å²) in [5.74, 6) is 0.493. The molecule has 0 bridgehead atoms. The number of likely N-dealkylation sites (tertiary alicyclic amines) is 1. The number of nitrogens with one attached hydrogen (secondary N) is 2. The first kappa shape index (κ1) is 30.0. The molecule has 46 heavy (non-hydrogen) atoms. The highest BCUT2D eigenvalue weighted by Gasteiger charge is 2.27. The molecule has 2 saturated heterocycles. The van der Waals surface area contributed by atoms with Crippen molar-refractivity contribution in [2.45, 2.75) is 75.9 Å². The van der Waals surface area contributed by atoms with Crippen LogP contribution < -0.4 is 15.5 Å². The van der Waals surface area contributed by atoms with Crippen LogP contribution in [0.5, 0.6) is 0 Å². The maximum atomic E-state index is 16.3. The van der Waals surface area contributed by atoms with Crippen LogP contribution in [0, 0.1) is 17.1 Å². The Morgan fingerprint density at radius 3 is 2.54 bits per heavy atom. The molecular weight excluding hydrogens is 583 g/mol. The Morgan fingerprint density at radius 2 is 1.76 bits per heavy atom. The van der Waals surface area contributed by atoms with E-state index < -0.39 is 5.82 Å². The fourth-order valence-electron chi connectivity index (χ4n) is 7.07. The number of fused-ring (bicyclic) bond motifs is 1. The number of nitriles is 1. The van der Waals surface area contributed by atoms with E-state index in [1.807, 2.05) is 42.6 Å². The van der Waals surface area contributed by atoms with Crippen molar-refractivity contribution in [2.24, 2.45) is 0 Å². The molecular formula is C34H39FN10O. The zero-order valence-corrected chi connectivity index (χ0v) is 25.9. The highest BCUT2D eigenvalue weighted by atomic mass is 19.1.